The number of amides is 1. The lowest BCUT2D eigenvalue weighted by molar-refractivity contribution is 0.0587. The Balaban J connectivity index is 1.58. The quantitative estimate of drug-likeness (QED) is 0.837. The van der Waals surface area contributed by atoms with Crippen molar-refractivity contribution < 1.29 is 14.3 Å². The summed E-state index contributed by atoms with van der Waals surface area (Å²) in [6.45, 7) is 4.35. The van der Waals surface area contributed by atoms with E-state index in [4.69, 9.17) is 15.2 Å². The van der Waals surface area contributed by atoms with Crippen LogP contribution >= 0.6 is 11.3 Å². The van der Waals surface area contributed by atoms with Gasteiger partial charge in [-0.25, -0.2) is 4.98 Å². The predicted molar refractivity (Wildman–Crippen MR) is 107 cm³/mol. The molecule has 3 aliphatic rings. The van der Waals surface area contributed by atoms with Crippen LogP contribution in [0.1, 0.15) is 65.3 Å². The SMILES string of the molecule is CC1c2cc3c(cc2C2(CCCC2)CN1C(=O)c1csc(CN)n1)OCCO3. The molecule has 1 unspecified atom stereocenters. The highest BCUT2D eigenvalue weighted by Crippen LogP contribution is 2.52. The second-order valence-electron chi connectivity index (χ2n) is 8.01. The third-order valence-electron chi connectivity index (χ3n) is 6.44. The average Bonchev–Trinajstić information content (AvgIpc) is 3.39. The fourth-order valence-corrected chi connectivity index (χ4v) is 5.65. The molecule has 0 radical (unpaired) electrons. The van der Waals surface area contributed by atoms with Crippen LogP contribution in [0.2, 0.25) is 0 Å². The van der Waals surface area contributed by atoms with E-state index in [0.29, 0.717) is 25.5 Å². The zero-order chi connectivity index (χ0) is 19.3. The molecular formula is C21H25N3O3S. The number of carbonyl (C=O) groups excluding carboxylic acids is 1. The molecule has 2 N–H and O–H groups in total. The molecule has 1 aliphatic carbocycles. The molecule has 1 amide bonds. The number of benzene rings is 1. The smallest absolute Gasteiger partial charge is 0.273 e. The van der Waals surface area contributed by atoms with Crippen LogP contribution in [-0.4, -0.2) is 35.5 Å². The van der Waals surface area contributed by atoms with E-state index in [2.05, 4.69) is 24.0 Å². The molecule has 0 bridgehead atoms. The van der Waals surface area contributed by atoms with E-state index in [-0.39, 0.29) is 17.4 Å². The largest absolute Gasteiger partial charge is 0.486 e. The van der Waals surface area contributed by atoms with Gasteiger partial charge in [0.25, 0.3) is 5.91 Å². The van der Waals surface area contributed by atoms with Gasteiger partial charge in [-0.05, 0) is 43.0 Å². The second kappa shape index (κ2) is 6.74. The number of fused-ring (bicyclic) bond motifs is 3. The summed E-state index contributed by atoms with van der Waals surface area (Å²) in [5.74, 6) is 1.63. The summed E-state index contributed by atoms with van der Waals surface area (Å²) in [4.78, 5) is 19.8. The third kappa shape index (κ3) is 2.71. The number of nitrogens with two attached hydrogens (primary N) is 1. The summed E-state index contributed by atoms with van der Waals surface area (Å²) < 4.78 is 11.7. The van der Waals surface area contributed by atoms with E-state index in [1.54, 1.807) is 0 Å². The molecule has 3 heterocycles. The Labute approximate surface area is 168 Å². The maximum atomic E-state index is 13.4. The first kappa shape index (κ1) is 17.9. The first-order valence-corrected chi connectivity index (χ1v) is 10.9. The van der Waals surface area contributed by atoms with Crippen molar-refractivity contribution in [3.8, 4) is 11.5 Å². The van der Waals surface area contributed by atoms with Gasteiger partial charge in [-0.1, -0.05) is 12.8 Å². The zero-order valence-corrected chi connectivity index (χ0v) is 16.9. The Kier molecular flexibility index (Phi) is 4.32. The van der Waals surface area contributed by atoms with Crippen molar-refractivity contribution >= 4 is 17.2 Å². The Morgan fingerprint density at radius 3 is 2.68 bits per heavy atom. The maximum Gasteiger partial charge on any atom is 0.273 e. The second-order valence-corrected chi connectivity index (χ2v) is 8.95. The highest BCUT2D eigenvalue weighted by atomic mass is 32.1. The summed E-state index contributed by atoms with van der Waals surface area (Å²) in [5.41, 5.74) is 8.71. The van der Waals surface area contributed by atoms with Gasteiger partial charge in [-0.2, -0.15) is 0 Å². The number of ether oxygens (including phenoxy) is 2. The van der Waals surface area contributed by atoms with E-state index in [0.717, 1.165) is 35.9 Å². The van der Waals surface area contributed by atoms with Crippen LogP contribution in [0, 0.1) is 0 Å². The standard InChI is InChI=1S/C21H25N3O3S/c1-13-14-8-17-18(27-7-6-26-17)9-15(14)21(4-2-3-5-21)12-24(13)20(25)16-11-28-19(10-22)23-16/h8-9,11,13H,2-7,10,12,22H2,1H3. The molecule has 1 spiro atoms. The van der Waals surface area contributed by atoms with Gasteiger partial charge in [0, 0.05) is 23.9 Å². The normalized spacial score (nSPS) is 22.4. The van der Waals surface area contributed by atoms with E-state index >= 15 is 0 Å². The minimum atomic E-state index is -0.0346. The Morgan fingerprint density at radius 2 is 2.00 bits per heavy atom. The van der Waals surface area contributed by atoms with Crippen LogP contribution in [0.25, 0.3) is 0 Å². The minimum Gasteiger partial charge on any atom is -0.486 e. The topological polar surface area (TPSA) is 77.7 Å². The summed E-state index contributed by atoms with van der Waals surface area (Å²) in [7, 11) is 0. The molecule has 1 fully saturated rings. The molecule has 1 aromatic carbocycles. The molecule has 1 saturated carbocycles. The molecule has 148 valence electrons. The van der Waals surface area contributed by atoms with E-state index in [1.165, 1.54) is 35.3 Å². The van der Waals surface area contributed by atoms with Gasteiger partial charge in [0.05, 0.1) is 6.04 Å². The molecule has 5 rings (SSSR count). The molecule has 2 aromatic rings. The molecule has 2 aliphatic heterocycles. The van der Waals surface area contributed by atoms with Crippen molar-refractivity contribution in [2.45, 2.75) is 50.6 Å². The highest BCUT2D eigenvalue weighted by Gasteiger charge is 2.46. The fourth-order valence-electron chi connectivity index (χ4n) is 5.00. The number of rotatable bonds is 2. The van der Waals surface area contributed by atoms with Crippen molar-refractivity contribution in [2.24, 2.45) is 5.73 Å². The van der Waals surface area contributed by atoms with Gasteiger partial charge in [0.15, 0.2) is 11.5 Å². The van der Waals surface area contributed by atoms with Crippen LogP contribution in [-0.2, 0) is 12.0 Å². The summed E-state index contributed by atoms with van der Waals surface area (Å²) in [6.07, 6.45) is 4.58. The number of thiazole rings is 1. The highest BCUT2D eigenvalue weighted by molar-refractivity contribution is 7.09. The van der Waals surface area contributed by atoms with Gasteiger partial charge < -0.3 is 20.1 Å². The summed E-state index contributed by atoms with van der Waals surface area (Å²) >= 11 is 1.45. The molecular weight excluding hydrogens is 374 g/mol. The van der Waals surface area contributed by atoms with Crippen molar-refractivity contribution in [1.82, 2.24) is 9.88 Å². The summed E-state index contributed by atoms with van der Waals surface area (Å²) in [6, 6.07) is 4.25. The number of nitrogens with zero attached hydrogens (tertiary/aromatic N) is 2. The van der Waals surface area contributed by atoms with Crippen molar-refractivity contribution in [3.63, 3.8) is 0 Å². The minimum absolute atomic E-state index is 0.0000589. The molecule has 28 heavy (non-hydrogen) atoms. The Hall–Kier alpha value is -2.12. The Bertz CT molecular complexity index is 920. The number of aromatic nitrogens is 1. The van der Waals surface area contributed by atoms with Crippen molar-refractivity contribution in [1.29, 1.82) is 0 Å². The first-order chi connectivity index (χ1) is 13.6. The van der Waals surface area contributed by atoms with Crippen LogP contribution in [0.5, 0.6) is 11.5 Å². The van der Waals surface area contributed by atoms with E-state index < -0.39 is 0 Å². The lowest BCUT2D eigenvalue weighted by Gasteiger charge is -2.46. The van der Waals surface area contributed by atoms with E-state index in [1.807, 2.05) is 10.3 Å². The zero-order valence-electron chi connectivity index (χ0n) is 16.1. The van der Waals surface area contributed by atoms with Gasteiger partial charge in [-0.3, -0.25) is 4.79 Å². The molecule has 7 heteroatoms. The van der Waals surface area contributed by atoms with Gasteiger partial charge in [0.1, 0.15) is 23.9 Å². The lowest BCUT2D eigenvalue weighted by Crippen LogP contribution is -2.48. The maximum absolute atomic E-state index is 13.4. The molecule has 6 nitrogen and oxygen atoms in total. The van der Waals surface area contributed by atoms with Gasteiger partial charge in [-0.15, -0.1) is 11.3 Å². The van der Waals surface area contributed by atoms with Gasteiger partial charge in [0.2, 0.25) is 0 Å². The monoisotopic (exact) mass is 399 g/mol. The van der Waals surface area contributed by atoms with Crippen LogP contribution in [0.15, 0.2) is 17.5 Å². The lowest BCUT2D eigenvalue weighted by atomic mass is 9.71. The third-order valence-corrected chi connectivity index (χ3v) is 7.31. The van der Waals surface area contributed by atoms with Crippen molar-refractivity contribution in [3.05, 3.63) is 39.3 Å². The van der Waals surface area contributed by atoms with Crippen molar-refractivity contribution in [2.75, 3.05) is 19.8 Å². The Morgan fingerprint density at radius 1 is 1.29 bits per heavy atom. The van der Waals surface area contributed by atoms with Crippen LogP contribution in [0.4, 0.5) is 0 Å². The summed E-state index contributed by atoms with van der Waals surface area (Å²) in [5, 5.41) is 2.63. The fraction of sp³-hybridized carbons (Fsp3) is 0.524. The van der Waals surface area contributed by atoms with E-state index in [9.17, 15) is 4.79 Å². The predicted octanol–water partition coefficient (Wildman–Crippen LogP) is 3.40. The van der Waals surface area contributed by atoms with Crippen LogP contribution < -0.4 is 15.2 Å². The first-order valence-electron chi connectivity index (χ1n) is 10.0. The van der Waals surface area contributed by atoms with Gasteiger partial charge >= 0.3 is 0 Å². The number of hydrogen-bond acceptors (Lipinski definition) is 6. The number of carbonyl (C=O) groups is 1. The van der Waals surface area contributed by atoms with Crippen LogP contribution in [0.3, 0.4) is 0 Å². The molecule has 1 atom stereocenters. The molecule has 1 aromatic heterocycles. The molecule has 0 saturated heterocycles. The average molecular weight is 400 g/mol. The number of hydrogen-bond donors (Lipinski definition) is 1.